The molecule has 0 aliphatic heterocycles. The Morgan fingerprint density at radius 1 is 0.808 bits per heavy atom. The number of aryl methyl sites for hydroxylation is 2. The average Bonchev–Trinajstić information content (AvgIpc) is 3.03. The highest BCUT2D eigenvalue weighted by Crippen LogP contribution is 2.42. The highest BCUT2D eigenvalue weighted by molar-refractivity contribution is 6.38. The van der Waals surface area contributed by atoms with Crippen LogP contribution in [0.25, 0.3) is 22.4 Å². The predicted octanol–water partition coefficient (Wildman–Crippen LogP) is 5.21. The fourth-order valence-electron chi connectivity index (χ4n) is 3.82. The third-order valence-corrected chi connectivity index (χ3v) is 5.23. The first-order chi connectivity index (χ1) is 12.6. The van der Waals surface area contributed by atoms with Gasteiger partial charge in [0.25, 0.3) is 0 Å². The van der Waals surface area contributed by atoms with Crippen molar-refractivity contribution in [2.24, 2.45) is 0 Å². The molecule has 3 aromatic carbocycles. The van der Waals surface area contributed by atoms with Crippen molar-refractivity contribution in [2.45, 2.75) is 13.8 Å². The number of hydrogen-bond acceptors (Lipinski definition) is 3. The van der Waals surface area contributed by atoms with Crippen molar-refractivity contribution in [3.05, 3.63) is 70.3 Å². The van der Waals surface area contributed by atoms with Crippen LogP contribution in [0.15, 0.2) is 42.5 Å². The highest BCUT2D eigenvalue weighted by atomic mass is 16.5. The summed E-state index contributed by atoms with van der Waals surface area (Å²) in [5, 5.41) is 2.10. The number of carbonyl (C=O) groups excluding carboxylic acids is 1. The number of ketones is 1. The van der Waals surface area contributed by atoms with E-state index in [9.17, 15) is 4.79 Å². The van der Waals surface area contributed by atoms with Crippen molar-refractivity contribution in [3.8, 4) is 11.5 Å². The molecule has 1 aliphatic rings. The number of Topliss-reactive ketones (excluding diaryl/α,β-unsaturated/α-hetero) is 1. The molecule has 0 aromatic heterocycles. The molecule has 0 saturated carbocycles. The van der Waals surface area contributed by atoms with Crippen LogP contribution in [-0.2, 0) is 0 Å². The SMILES string of the molecule is COc1cc2c(C)c3c(c(C)c2cc1OC)C(=O)C(c1ccccc1)=C3. The van der Waals surface area contributed by atoms with Gasteiger partial charge in [0.05, 0.1) is 14.2 Å². The average molecular weight is 344 g/mol. The quantitative estimate of drug-likeness (QED) is 0.654. The summed E-state index contributed by atoms with van der Waals surface area (Å²) in [6.45, 7) is 4.07. The number of carbonyl (C=O) groups is 1. The van der Waals surface area contributed by atoms with E-state index >= 15 is 0 Å². The molecular formula is C23H20O3. The third kappa shape index (κ3) is 2.24. The molecular weight excluding hydrogens is 324 g/mol. The summed E-state index contributed by atoms with van der Waals surface area (Å²) in [6, 6.07) is 13.8. The van der Waals surface area contributed by atoms with Gasteiger partial charge in [-0.2, -0.15) is 0 Å². The summed E-state index contributed by atoms with van der Waals surface area (Å²) in [5.41, 5.74) is 5.56. The van der Waals surface area contributed by atoms with Crippen molar-refractivity contribution in [3.63, 3.8) is 0 Å². The van der Waals surface area contributed by atoms with E-state index in [4.69, 9.17) is 9.47 Å². The Balaban J connectivity index is 2.01. The maximum atomic E-state index is 13.2. The molecule has 0 unspecified atom stereocenters. The van der Waals surface area contributed by atoms with Crippen LogP contribution in [-0.4, -0.2) is 20.0 Å². The second kappa shape index (κ2) is 6.03. The predicted molar refractivity (Wildman–Crippen MR) is 105 cm³/mol. The second-order valence-electron chi connectivity index (χ2n) is 6.54. The van der Waals surface area contributed by atoms with Crippen molar-refractivity contribution in [1.29, 1.82) is 0 Å². The Kier molecular flexibility index (Phi) is 3.80. The van der Waals surface area contributed by atoms with Crippen LogP contribution in [0.3, 0.4) is 0 Å². The number of methoxy groups -OCH3 is 2. The fourth-order valence-corrected chi connectivity index (χ4v) is 3.82. The Morgan fingerprint density at radius 3 is 1.96 bits per heavy atom. The van der Waals surface area contributed by atoms with Gasteiger partial charge >= 0.3 is 0 Å². The Morgan fingerprint density at radius 2 is 1.38 bits per heavy atom. The van der Waals surface area contributed by atoms with Gasteiger partial charge in [-0.1, -0.05) is 30.3 Å². The zero-order valence-electron chi connectivity index (χ0n) is 15.3. The fraction of sp³-hybridized carbons (Fsp3) is 0.174. The molecule has 0 radical (unpaired) electrons. The number of fused-ring (bicyclic) bond motifs is 2. The maximum Gasteiger partial charge on any atom is 0.194 e. The van der Waals surface area contributed by atoms with Crippen LogP contribution < -0.4 is 9.47 Å². The Hall–Kier alpha value is -3.07. The van der Waals surface area contributed by atoms with Gasteiger partial charge in [0, 0.05) is 11.1 Å². The van der Waals surface area contributed by atoms with Gasteiger partial charge in [-0.25, -0.2) is 0 Å². The monoisotopic (exact) mass is 344 g/mol. The van der Waals surface area contributed by atoms with E-state index in [0.29, 0.717) is 11.5 Å². The standard InChI is InChI=1S/C23H20O3/c1-13-16-11-20(25-3)21(26-4)12-17(16)14(2)22-18(13)10-19(23(22)24)15-8-6-5-7-9-15/h5-12H,1-4H3. The van der Waals surface area contributed by atoms with Crippen LogP contribution >= 0.6 is 0 Å². The van der Waals surface area contributed by atoms with Crippen LogP contribution in [0.2, 0.25) is 0 Å². The second-order valence-corrected chi connectivity index (χ2v) is 6.54. The number of hydrogen-bond donors (Lipinski definition) is 0. The van der Waals surface area contributed by atoms with Crippen LogP contribution in [0.5, 0.6) is 11.5 Å². The molecule has 4 rings (SSSR count). The normalized spacial score (nSPS) is 12.9. The summed E-state index contributed by atoms with van der Waals surface area (Å²) in [5.74, 6) is 1.45. The summed E-state index contributed by atoms with van der Waals surface area (Å²) in [7, 11) is 3.26. The molecule has 3 heteroatoms. The molecule has 0 N–H and O–H groups in total. The molecule has 0 amide bonds. The molecule has 130 valence electrons. The summed E-state index contributed by atoms with van der Waals surface area (Å²) >= 11 is 0. The van der Waals surface area contributed by atoms with E-state index in [1.165, 1.54) is 0 Å². The largest absolute Gasteiger partial charge is 0.493 e. The number of allylic oxidation sites excluding steroid dienone is 1. The molecule has 0 saturated heterocycles. The van der Waals surface area contributed by atoms with E-state index in [2.05, 4.69) is 6.92 Å². The van der Waals surface area contributed by atoms with Gasteiger partial charge in [0.15, 0.2) is 17.3 Å². The topological polar surface area (TPSA) is 35.5 Å². The van der Waals surface area contributed by atoms with Gasteiger partial charge in [0.2, 0.25) is 0 Å². The Bertz CT molecular complexity index is 1080. The first-order valence-corrected chi connectivity index (χ1v) is 8.57. The van der Waals surface area contributed by atoms with Gasteiger partial charge in [0.1, 0.15) is 0 Å². The summed E-state index contributed by atoms with van der Waals surface area (Å²) in [6.07, 6.45) is 2.02. The molecule has 0 atom stereocenters. The molecule has 3 nitrogen and oxygen atoms in total. The minimum absolute atomic E-state index is 0.0866. The lowest BCUT2D eigenvalue weighted by molar-refractivity contribution is 0.105. The molecule has 0 bridgehead atoms. The summed E-state index contributed by atoms with van der Waals surface area (Å²) in [4.78, 5) is 13.2. The van der Waals surface area contributed by atoms with Crippen molar-refractivity contribution >= 4 is 28.2 Å². The summed E-state index contributed by atoms with van der Waals surface area (Å²) < 4.78 is 10.9. The van der Waals surface area contributed by atoms with Crippen LogP contribution in [0.1, 0.15) is 32.6 Å². The third-order valence-electron chi connectivity index (χ3n) is 5.23. The maximum absolute atomic E-state index is 13.2. The van der Waals surface area contributed by atoms with Gasteiger partial charge in [-0.15, -0.1) is 0 Å². The number of benzene rings is 3. The Labute approximate surface area is 152 Å². The minimum atomic E-state index is 0.0866. The van der Waals surface area contributed by atoms with Crippen LogP contribution in [0.4, 0.5) is 0 Å². The first-order valence-electron chi connectivity index (χ1n) is 8.57. The van der Waals surface area contributed by atoms with Crippen LogP contribution in [0, 0.1) is 13.8 Å². The van der Waals surface area contributed by atoms with Gasteiger partial charge in [-0.05, 0) is 65.1 Å². The zero-order chi connectivity index (χ0) is 18.4. The number of rotatable bonds is 3. The molecule has 1 aliphatic carbocycles. The molecule has 0 spiro atoms. The van der Waals surface area contributed by atoms with Crippen molar-refractivity contribution < 1.29 is 14.3 Å². The molecule has 0 fully saturated rings. The van der Waals surface area contributed by atoms with Crippen molar-refractivity contribution in [2.75, 3.05) is 14.2 Å². The van der Waals surface area contributed by atoms with Gasteiger partial charge in [-0.3, -0.25) is 4.79 Å². The van der Waals surface area contributed by atoms with Crippen molar-refractivity contribution in [1.82, 2.24) is 0 Å². The lowest BCUT2D eigenvalue weighted by atomic mass is 9.90. The minimum Gasteiger partial charge on any atom is -0.493 e. The van der Waals surface area contributed by atoms with E-state index in [1.807, 2.05) is 55.5 Å². The highest BCUT2D eigenvalue weighted by Gasteiger charge is 2.29. The number of ether oxygens (including phenoxy) is 2. The zero-order valence-corrected chi connectivity index (χ0v) is 15.3. The van der Waals surface area contributed by atoms with Gasteiger partial charge < -0.3 is 9.47 Å². The molecule has 26 heavy (non-hydrogen) atoms. The van der Waals surface area contributed by atoms with E-state index in [-0.39, 0.29) is 5.78 Å². The smallest absolute Gasteiger partial charge is 0.194 e. The molecule has 0 heterocycles. The molecule has 3 aromatic rings. The van der Waals surface area contributed by atoms with E-state index in [0.717, 1.165) is 44.2 Å². The first kappa shape index (κ1) is 16.4. The lowest BCUT2D eigenvalue weighted by Crippen LogP contribution is -2.03. The lowest BCUT2D eigenvalue weighted by Gasteiger charge is -2.16. The van der Waals surface area contributed by atoms with E-state index < -0.39 is 0 Å². The van der Waals surface area contributed by atoms with E-state index in [1.54, 1.807) is 14.2 Å².